The lowest BCUT2D eigenvalue weighted by molar-refractivity contribution is -0.787. The number of aliphatic hydroxyl groups excluding tert-OH is 1. The van der Waals surface area contributed by atoms with Gasteiger partial charge in [-0.2, -0.15) is 10.3 Å². The molecule has 1 amide bonds. The van der Waals surface area contributed by atoms with Crippen molar-refractivity contribution in [3.05, 3.63) is 29.5 Å². The van der Waals surface area contributed by atoms with Gasteiger partial charge in [0.15, 0.2) is 5.69 Å². The highest BCUT2D eigenvalue weighted by Gasteiger charge is 2.40. The Bertz CT molecular complexity index is 559. The predicted octanol–water partition coefficient (Wildman–Crippen LogP) is -1.12. The molecule has 8 nitrogen and oxygen atoms in total. The summed E-state index contributed by atoms with van der Waals surface area (Å²) < 4.78 is 4.76. The Labute approximate surface area is 121 Å². The number of nitrogens with zero attached hydrogens (tertiary/aromatic N) is 2. The van der Waals surface area contributed by atoms with Crippen LogP contribution in [-0.2, 0) is 14.4 Å². The zero-order valence-corrected chi connectivity index (χ0v) is 11.4. The number of nitrogens with one attached hydrogen (secondary N) is 1. The van der Waals surface area contributed by atoms with E-state index >= 15 is 0 Å². The molecule has 0 radical (unpaired) electrons. The van der Waals surface area contributed by atoms with Crippen LogP contribution in [0.2, 0.25) is 0 Å². The van der Waals surface area contributed by atoms with E-state index in [1.54, 1.807) is 24.3 Å². The molecule has 2 N–H and O–H groups in total. The van der Waals surface area contributed by atoms with Gasteiger partial charge in [-0.05, 0) is 6.07 Å². The maximum Gasteiger partial charge on any atom is 0.325 e. The summed E-state index contributed by atoms with van der Waals surface area (Å²) in [5.41, 5.74) is 0.508. The van der Waals surface area contributed by atoms with Crippen molar-refractivity contribution in [3.63, 3.8) is 0 Å². The van der Waals surface area contributed by atoms with Gasteiger partial charge < -0.3 is 20.1 Å². The minimum absolute atomic E-state index is 0.0459. The molecule has 2 rings (SSSR count). The van der Waals surface area contributed by atoms with Crippen LogP contribution in [0.25, 0.3) is 0 Å². The fourth-order valence-corrected chi connectivity index (χ4v) is 2.01. The molecule has 1 heterocycles. The van der Waals surface area contributed by atoms with Crippen molar-refractivity contribution in [1.29, 1.82) is 5.26 Å². The number of ether oxygens (including phenoxy) is 1. The zero-order chi connectivity index (χ0) is 15.4. The molecule has 0 saturated heterocycles. The van der Waals surface area contributed by atoms with E-state index in [2.05, 4.69) is 0 Å². The number of aliphatic hydroxyl groups is 1. The third-order valence-electron chi connectivity index (χ3n) is 2.98. The molecule has 1 aliphatic rings. The van der Waals surface area contributed by atoms with Gasteiger partial charge in [-0.15, -0.1) is 0 Å². The van der Waals surface area contributed by atoms with E-state index in [1.807, 2.05) is 0 Å². The summed E-state index contributed by atoms with van der Waals surface area (Å²) in [6.07, 6.45) is -0.923. The largest absolute Gasteiger partial charge is 0.627 e. The SMILES string of the molecule is COCC(O)CON1C(=O)C(C#N)[NH+]([O-])c2ccccc21. The highest BCUT2D eigenvalue weighted by atomic mass is 16.7. The second-order valence-electron chi connectivity index (χ2n) is 4.48. The predicted molar refractivity (Wildman–Crippen MR) is 71.2 cm³/mol. The van der Waals surface area contributed by atoms with Crippen molar-refractivity contribution in [2.75, 3.05) is 25.4 Å². The first kappa shape index (κ1) is 15.4. The average molecular weight is 293 g/mol. The number of hydroxylamine groups is 2. The fraction of sp³-hybridized carbons (Fsp3) is 0.385. The van der Waals surface area contributed by atoms with Crippen molar-refractivity contribution >= 4 is 17.3 Å². The Kier molecular flexibility index (Phi) is 4.85. The quantitative estimate of drug-likeness (QED) is 0.665. The number of rotatable bonds is 5. The third kappa shape index (κ3) is 3.02. The Balaban J connectivity index is 2.25. The number of benzene rings is 1. The molecule has 112 valence electrons. The van der Waals surface area contributed by atoms with E-state index in [0.717, 1.165) is 5.06 Å². The highest BCUT2D eigenvalue weighted by Crippen LogP contribution is 2.26. The van der Waals surface area contributed by atoms with Crippen LogP contribution < -0.4 is 10.1 Å². The van der Waals surface area contributed by atoms with E-state index < -0.39 is 23.1 Å². The molecule has 0 saturated carbocycles. The monoisotopic (exact) mass is 293 g/mol. The number of carbonyl (C=O) groups is 1. The molecule has 1 aliphatic heterocycles. The summed E-state index contributed by atoms with van der Waals surface area (Å²) in [4.78, 5) is 17.4. The summed E-state index contributed by atoms with van der Waals surface area (Å²) >= 11 is 0. The lowest BCUT2D eigenvalue weighted by Crippen LogP contribution is -3.09. The van der Waals surface area contributed by atoms with E-state index in [9.17, 15) is 15.1 Å². The number of para-hydroxylation sites is 2. The second-order valence-corrected chi connectivity index (χ2v) is 4.48. The summed E-state index contributed by atoms with van der Waals surface area (Å²) in [6, 6.07) is 6.60. The Hall–Kier alpha value is -2.02. The molecule has 0 spiro atoms. The van der Waals surface area contributed by atoms with Crippen LogP contribution in [0.5, 0.6) is 0 Å². The number of hydrogen-bond acceptors (Lipinski definition) is 6. The van der Waals surface area contributed by atoms with Crippen LogP contribution in [0, 0.1) is 16.5 Å². The average Bonchev–Trinajstić information content (AvgIpc) is 2.48. The van der Waals surface area contributed by atoms with Gasteiger partial charge in [-0.1, -0.05) is 12.1 Å². The number of anilines is 1. The van der Waals surface area contributed by atoms with E-state index in [4.69, 9.17) is 14.8 Å². The van der Waals surface area contributed by atoms with Crippen LogP contribution in [0.1, 0.15) is 0 Å². The molecule has 0 aliphatic carbocycles. The van der Waals surface area contributed by atoms with Crippen molar-refractivity contribution in [2.45, 2.75) is 12.1 Å². The summed E-state index contributed by atoms with van der Waals surface area (Å²) in [5.74, 6) is -0.759. The number of hydrogen-bond donors (Lipinski definition) is 2. The first-order valence-electron chi connectivity index (χ1n) is 6.27. The van der Waals surface area contributed by atoms with Crippen LogP contribution in [-0.4, -0.2) is 43.5 Å². The number of nitriles is 1. The summed E-state index contributed by atoms with van der Waals surface area (Å²) in [5, 5.41) is 31.0. The lowest BCUT2D eigenvalue weighted by Gasteiger charge is -2.36. The lowest BCUT2D eigenvalue weighted by atomic mass is 10.1. The van der Waals surface area contributed by atoms with Crippen molar-refractivity contribution in [2.24, 2.45) is 0 Å². The van der Waals surface area contributed by atoms with Crippen molar-refractivity contribution in [1.82, 2.24) is 0 Å². The molecule has 3 unspecified atom stereocenters. The minimum atomic E-state index is -1.43. The number of amides is 1. The number of fused-ring (bicyclic) bond motifs is 1. The van der Waals surface area contributed by atoms with Gasteiger partial charge in [0, 0.05) is 13.2 Å². The van der Waals surface area contributed by atoms with Gasteiger partial charge in [0.1, 0.15) is 24.5 Å². The van der Waals surface area contributed by atoms with E-state index in [1.165, 1.54) is 13.2 Å². The zero-order valence-electron chi connectivity index (χ0n) is 11.4. The third-order valence-corrected chi connectivity index (χ3v) is 2.98. The van der Waals surface area contributed by atoms with Gasteiger partial charge in [0.25, 0.3) is 6.04 Å². The number of quaternary nitrogens is 1. The highest BCUT2D eigenvalue weighted by molar-refractivity contribution is 6.00. The molecule has 8 heteroatoms. The van der Waals surface area contributed by atoms with Gasteiger partial charge in [-0.3, -0.25) is 9.63 Å². The van der Waals surface area contributed by atoms with Crippen LogP contribution >= 0.6 is 0 Å². The topological polar surface area (TPSA) is 110 Å². The van der Waals surface area contributed by atoms with Gasteiger partial charge >= 0.3 is 5.91 Å². The smallest absolute Gasteiger partial charge is 0.325 e. The van der Waals surface area contributed by atoms with Gasteiger partial charge in [0.05, 0.1) is 6.61 Å². The maximum atomic E-state index is 12.1. The number of methoxy groups -OCH3 is 1. The van der Waals surface area contributed by atoms with E-state index in [-0.39, 0.29) is 24.6 Å². The molecular weight excluding hydrogens is 278 g/mol. The van der Waals surface area contributed by atoms with Gasteiger partial charge in [0.2, 0.25) is 0 Å². The molecular formula is C13H15N3O5. The standard InChI is InChI=1S/C13H15N3O5/c1-20-7-9(17)8-21-16-11-5-3-2-4-10(11)15(19)12(6-14)13(16)18/h2-5,9,12,15,17H,7-8H2,1H3. The maximum absolute atomic E-state index is 12.1. The Morgan fingerprint density at radius 1 is 1.52 bits per heavy atom. The molecule has 21 heavy (non-hydrogen) atoms. The van der Waals surface area contributed by atoms with E-state index in [0.29, 0.717) is 0 Å². The second kappa shape index (κ2) is 6.62. The first-order chi connectivity index (χ1) is 10.1. The fourth-order valence-electron chi connectivity index (χ4n) is 2.01. The van der Waals surface area contributed by atoms with Crippen LogP contribution in [0.15, 0.2) is 24.3 Å². The molecule has 0 fully saturated rings. The summed E-state index contributed by atoms with van der Waals surface area (Å²) in [7, 11) is 1.43. The molecule has 0 aromatic heterocycles. The minimum Gasteiger partial charge on any atom is -0.627 e. The number of carbonyl (C=O) groups excluding carboxylic acids is 1. The van der Waals surface area contributed by atoms with Crippen molar-refractivity contribution < 1.29 is 24.5 Å². The first-order valence-corrected chi connectivity index (χ1v) is 6.27. The molecule has 1 aromatic rings. The Morgan fingerprint density at radius 3 is 2.90 bits per heavy atom. The molecule has 1 aromatic carbocycles. The van der Waals surface area contributed by atoms with Crippen LogP contribution in [0.3, 0.4) is 0 Å². The normalized spacial score (nSPS) is 22.6. The van der Waals surface area contributed by atoms with Gasteiger partial charge in [-0.25, -0.2) is 0 Å². The van der Waals surface area contributed by atoms with Crippen LogP contribution in [0.4, 0.5) is 11.4 Å². The molecule has 0 bridgehead atoms. The summed E-state index contributed by atoms with van der Waals surface area (Å²) in [6.45, 7) is -0.148. The molecule has 3 atom stereocenters. The Morgan fingerprint density at radius 2 is 2.24 bits per heavy atom. The van der Waals surface area contributed by atoms with Crippen molar-refractivity contribution in [3.8, 4) is 6.07 Å².